The van der Waals surface area contributed by atoms with Crippen LogP contribution in [0.4, 0.5) is 4.39 Å². The zero-order chi connectivity index (χ0) is 16.9. The zero-order valence-corrected chi connectivity index (χ0v) is 14.0. The van der Waals surface area contributed by atoms with Crippen molar-refractivity contribution in [3.05, 3.63) is 71.0 Å². The summed E-state index contributed by atoms with van der Waals surface area (Å²) in [5.74, 6) is -0.128. The topological polar surface area (TPSA) is 32.3 Å². The molecule has 1 aliphatic rings. The third kappa shape index (κ3) is 4.01. The highest BCUT2D eigenvalue weighted by molar-refractivity contribution is 5.77. The van der Waals surface area contributed by atoms with Crippen LogP contribution in [0.25, 0.3) is 0 Å². The van der Waals surface area contributed by atoms with Gasteiger partial charge in [-0.15, -0.1) is 0 Å². The second kappa shape index (κ2) is 7.58. The molecule has 1 atom stereocenters. The molecule has 1 N–H and O–H groups in total. The first-order valence-electron chi connectivity index (χ1n) is 8.45. The number of hydrogen-bond donors (Lipinski definition) is 1. The van der Waals surface area contributed by atoms with E-state index >= 15 is 0 Å². The van der Waals surface area contributed by atoms with Crippen molar-refractivity contribution in [3.8, 4) is 0 Å². The smallest absolute Gasteiger partial charge is 0.223 e. The Balaban J connectivity index is 1.68. The van der Waals surface area contributed by atoms with Crippen LogP contribution in [0, 0.1) is 12.7 Å². The lowest BCUT2D eigenvalue weighted by molar-refractivity contribution is -0.134. The molecule has 0 bridgehead atoms. The van der Waals surface area contributed by atoms with Crippen LogP contribution < -0.4 is 5.32 Å². The number of amides is 1. The van der Waals surface area contributed by atoms with Gasteiger partial charge in [0.15, 0.2) is 0 Å². The van der Waals surface area contributed by atoms with Gasteiger partial charge >= 0.3 is 0 Å². The number of rotatable bonds is 4. The largest absolute Gasteiger partial charge is 0.333 e. The highest BCUT2D eigenvalue weighted by atomic mass is 19.1. The number of aryl methyl sites for hydroxylation is 2. The van der Waals surface area contributed by atoms with Gasteiger partial charge in [0.25, 0.3) is 0 Å². The van der Waals surface area contributed by atoms with Crippen molar-refractivity contribution in [1.29, 1.82) is 0 Å². The van der Waals surface area contributed by atoms with E-state index in [1.165, 1.54) is 23.3 Å². The maximum atomic E-state index is 13.5. The van der Waals surface area contributed by atoms with E-state index in [0.29, 0.717) is 19.5 Å². The minimum absolute atomic E-state index is 0.0973. The average molecular weight is 326 g/mol. The molecule has 24 heavy (non-hydrogen) atoms. The summed E-state index contributed by atoms with van der Waals surface area (Å²) in [6.07, 6.45) is 1.22. The SMILES string of the molecule is Cc1ccc(CCC(=O)N2CCNCC2c2cccc(F)c2)cc1. The van der Waals surface area contributed by atoms with Crippen LogP contribution in [0.2, 0.25) is 0 Å². The fourth-order valence-electron chi connectivity index (χ4n) is 3.16. The molecule has 0 aromatic heterocycles. The van der Waals surface area contributed by atoms with Crippen LogP contribution in [0.5, 0.6) is 0 Å². The van der Waals surface area contributed by atoms with Crippen molar-refractivity contribution >= 4 is 5.91 Å². The monoisotopic (exact) mass is 326 g/mol. The summed E-state index contributed by atoms with van der Waals surface area (Å²) in [4.78, 5) is 14.6. The Hall–Kier alpha value is -2.20. The summed E-state index contributed by atoms with van der Waals surface area (Å²) in [7, 11) is 0. The molecule has 0 saturated carbocycles. The van der Waals surface area contributed by atoms with Gasteiger partial charge in [-0.2, -0.15) is 0 Å². The van der Waals surface area contributed by atoms with Crippen LogP contribution >= 0.6 is 0 Å². The van der Waals surface area contributed by atoms with Crippen molar-refractivity contribution in [3.63, 3.8) is 0 Å². The summed E-state index contributed by atoms with van der Waals surface area (Å²) in [5, 5.41) is 3.30. The van der Waals surface area contributed by atoms with Gasteiger partial charge in [0.1, 0.15) is 5.82 Å². The number of carbonyl (C=O) groups excluding carboxylic acids is 1. The Kier molecular flexibility index (Phi) is 5.26. The first kappa shape index (κ1) is 16.7. The summed E-state index contributed by atoms with van der Waals surface area (Å²) in [5.41, 5.74) is 3.25. The molecule has 1 fully saturated rings. The predicted octanol–water partition coefficient (Wildman–Crippen LogP) is 3.24. The highest BCUT2D eigenvalue weighted by Crippen LogP contribution is 2.24. The van der Waals surface area contributed by atoms with Gasteiger partial charge in [-0.3, -0.25) is 4.79 Å². The van der Waals surface area contributed by atoms with Crippen molar-refractivity contribution in [2.45, 2.75) is 25.8 Å². The standard InChI is InChI=1S/C20H23FN2O/c1-15-5-7-16(8-6-15)9-10-20(24)23-12-11-22-14-19(23)17-3-2-4-18(21)13-17/h2-8,13,19,22H,9-12,14H2,1H3. The number of halogens is 1. The molecule has 0 aliphatic carbocycles. The molecule has 126 valence electrons. The molecule has 4 heteroatoms. The van der Waals surface area contributed by atoms with E-state index in [0.717, 1.165) is 18.5 Å². The van der Waals surface area contributed by atoms with Gasteiger partial charge in [-0.1, -0.05) is 42.0 Å². The van der Waals surface area contributed by atoms with Gasteiger partial charge in [-0.25, -0.2) is 4.39 Å². The van der Waals surface area contributed by atoms with Crippen molar-refractivity contribution in [1.82, 2.24) is 10.2 Å². The number of carbonyl (C=O) groups is 1. The van der Waals surface area contributed by atoms with Crippen LogP contribution in [0.3, 0.4) is 0 Å². The predicted molar refractivity (Wildman–Crippen MR) is 93.2 cm³/mol. The van der Waals surface area contributed by atoms with Crippen molar-refractivity contribution < 1.29 is 9.18 Å². The van der Waals surface area contributed by atoms with Gasteiger partial charge in [0.2, 0.25) is 5.91 Å². The average Bonchev–Trinajstić information content (AvgIpc) is 2.61. The maximum absolute atomic E-state index is 13.5. The lowest BCUT2D eigenvalue weighted by Gasteiger charge is -2.36. The molecule has 1 heterocycles. The van der Waals surface area contributed by atoms with E-state index in [1.54, 1.807) is 6.07 Å². The number of nitrogens with zero attached hydrogens (tertiary/aromatic N) is 1. The fraction of sp³-hybridized carbons (Fsp3) is 0.350. The van der Waals surface area contributed by atoms with E-state index in [1.807, 2.05) is 11.0 Å². The van der Waals surface area contributed by atoms with Crippen LogP contribution in [0.1, 0.15) is 29.2 Å². The normalized spacial score (nSPS) is 17.8. The maximum Gasteiger partial charge on any atom is 0.223 e. The molecule has 2 aromatic rings. The van der Waals surface area contributed by atoms with E-state index in [4.69, 9.17) is 0 Å². The van der Waals surface area contributed by atoms with E-state index in [2.05, 4.69) is 36.5 Å². The quantitative estimate of drug-likeness (QED) is 0.935. The van der Waals surface area contributed by atoms with Crippen LogP contribution in [-0.2, 0) is 11.2 Å². The Labute approximate surface area is 142 Å². The third-order valence-electron chi connectivity index (χ3n) is 4.55. The first-order valence-corrected chi connectivity index (χ1v) is 8.45. The molecule has 1 aliphatic heterocycles. The van der Waals surface area contributed by atoms with Crippen molar-refractivity contribution in [2.75, 3.05) is 19.6 Å². The summed E-state index contributed by atoms with van der Waals surface area (Å²) in [6.45, 7) is 4.16. The van der Waals surface area contributed by atoms with Crippen molar-refractivity contribution in [2.24, 2.45) is 0 Å². The zero-order valence-electron chi connectivity index (χ0n) is 14.0. The number of hydrogen-bond acceptors (Lipinski definition) is 2. The molecule has 3 nitrogen and oxygen atoms in total. The summed E-state index contributed by atoms with van der Waals surface area (Å²) >= 11 is 0. The third-order valence-corrected chi connectivity index (χ3v) is 4.55. The van der Waals surface area contributed by atoms with Gasteiger partial charge in [0.05, 0.1) is 6.04 Å². The number of benzene rings is 2. The minimum Gasteiger partial charge on any atom is -0.333 e. The molecule has 3 rings (SSSR count). The molecular weight excluding hydrogens is 303 g/mol. The van der Waals surface area contributed by atoms with E-state index in [-0.39, 0.29) is 17.8 Å². The number of piperazine rings is 1. The fourth-order valence-corrected chi connectivity index (χ4v) is 3.16. The molecule has 0 radical (unpaired) electrons. The van der Waals surface area contributed by atoms with Gasteiger partial charge < -0.3 is 10.2 Å². The molecule has 1 amide bonds. The lowest BCUT2D eigenvalue weighted by Crippen LogP contribution is -2.48. The second-order valence-electron chi connectivity index (χ2n) is 6.35. The molecular formula is C20H23FN2O. The summed E-state index contributed by atoms with van der Waals surface area (Å²) in [6, 6.07) is 14.7. The minimum atomic E-state index is -0.259. The Morgan fingerprint density at radius 1 is 1.25 bits per heavy atom. The number of nitrogens with one attached hydrogen (secondary N) is 1. The summed E-state index contributed by atoms with van der Waals surface area (Å²) < 4.78 is 13.5. The molecule has 1 unspecified atom stereocenters. The highest BCUT2D eigenvalue weighted by Gasteiger charge is 2.27. The molecule has 0 spiro atoms. The van der Waals surface area contributed by atoms with E-state index in [9.17, 15) is 9.18 Å². The van der Waals surface area contributed by atoms with Crippen LogP contribution in [-0.4, -0.2) is 30.4 Å². The Morgan fingerprint density at radius 3 is 2.79 bits per heavy atom. The second-order valence-corrected chi connectivity index (χ2v) is 6.35. The Bertz CT molecular complexity index is 699. The van der Waals surface area contributed by atoms with Crippen LogP contribution in [0.15, 0.2) is 48.5 Å². The first-order chi connectivity index (χ1) is 11.6. The van der Waals surface area contributed by atoms with Gasteiger partial charge in [0, 0.05) is 26.1 Å². The lowest BCUT2D eigenvalue weighted by atomic mass is 10.0. The van der Waals surface area contributed by atoms with Gasteiger partial charge in [-0.05, 0) is 36.6 Å². The molecule has 2 aromatic carbocycles. The molecule has 1 saturated heterocycles. The Morgan fingerprint density at radius 2 is 2.04 bits per heavy atom. The van der Waals surface area contributed by atoms with E-state index < -0.39 is 0 Å².